The van der Waals surface area contributed by atoms with Crippen LogP contribution in [0.15, 0.2) is 39.4 Å². The summed E-state index contributed by atoms with van der Waals surface area (Å²) in [7, 11) is 0. The van der Waals surface area contributed by atoms with Gasteiger partial charge in [-0.05, 0) is 34.1 Å². The molecule has 0 radical (unpaired) electrons. The minimum absolute atomic E-state index is 0.0243. The van der Waals surface area contributed by atoms with Crippen LogP contribution in [0.3, 0.4) is 0 Å². The van der Waals surface area contributed by atoms with Crippen molar-refractivity contribution >= 4 is 15.9 Å². The van der Waals surface area contributed by atoms with Gasteiger partial charge in [0.25, 0.3) is 0 Å². The standard InChI is InChI=1S/C12H11BrF2N2O/c13-8-4-5-18-12(8)11(17-16)6-7-9(14)2-1-3-10(7)15/h1-5,11,17H,6,16H2. The molecule has 96 valence electrons. The number of nitrogens with two attached hydrogens (primary N) is 1. The lowest BCUT2D eigenvalue weighted by Gasteiger charge is -2.15. The van der Waals surface area contributed by atoms with Gasteiger partial charge in [0.2, 0.25) is 0 Å². The zero-order valence-electron chi connectivity index (χ0n) is 9.29. The molecule has 0 amide bonds. The predicted molar refractivity (Wildman–Crippen MR) is 66.5 cm³/mol. The highest BCUT2D eigenvalue weighted by atomic mass is 79.9. The van der Waals surface area contributed by atoms with E-state index in [1.165, 1.54) is 24.5 Å². The lowest BCUT2D eigenvalue weighted by atomic mass is 10.0. The van der Waals surface area contributed by atoms with Crippen molar-refractivity contribution < 1.29 is 13.2 Å². The van der Waals surface area contributed by atoms with Gasteiger partial charge < -0.3 is 4.42 Å². The molecular formula is C12H11BrF2N2O. The number of hydrogen-bond acceptors (Lipinski definition) is 3. The summed E-state index contributed by atoms with van der Waals surface area (Å²) in [6, 6.07) is 4.92. The van der Waals surface area contributed by atoms with Gasteiger partial charge in [-0.3, -0.25) is 5.84 Å². The average molecular weight is 317 g/mol. The number of nitrogens with one attached hydrogen (secondary N) is 1. The zero-order chi connectivity index (χ0) is 13.1. The fourth-order valence-electron chi connectivity index (χ4n) is 1.71. The van der Waals surface area contributed by atoms with Gasteiger partial charge in [0.05, 0.1) is 16.8 Å². The van der Waals surface area contributed by atoms with Crippen LogP contribution in [-0.2, 0) is 6.42 Å². The number of benzene rings is 1. The summed E-state index contributed by atoms with van der Waals surface area (Å²) in [6.07, 6.45) is 1.53. The molecule has 0 saturated heterocycles. The monoisotopic (exact) mass is 316 g/mol. The lowest BCUT2D eigenvalue weighted by molar-refractivity contribution is 0.404. The highest BCUT2D eigenvalue weighted by Crippen LogP contribution is 2.28. The molecule has 18 heavy (non-hydrogen) atoms. The Morgan fingerprint density at radius 1 is 1.28 bits per heavy atom. The van der Waals surface area contributed by atoms with Crippen molar-refractivity contribution in [2.75, 3.05) is 0 Å². The predicted octanol–water partition coefficient (Wildman–Crippen LogP) is 3.07. The molecule has 1 aromatic heterocycles. The molecule has 2 aromatic rings. The van der Waals surface area contributed by atoms with Crippen LogP contribution in [0, 0.1) is 11.6 Å². The van der Waals surface area contributed by atoms with Gasteiger partial charge in [-0.25, -0.2) is 14.2 Å². The van der Waals surface area contributed by atoms with E-state index >= 15 is 0 Å². The van der Waals surface area contributed by atoms with E-state index in [1.807, 2.05) is 0 Å². The van der Waals surface area contributed by atoms with Gasteiger partial charge in [0.1, 0.15) is 17.4 Å². The highest BCUT2D eigenvalue weighted by Gasteiger charge is 2.20. The van der Waals surface area contributed by atoms with Crippen LogP contribution in [0.25, 0.3) is 0 Å². The first-order valence-electron chi connectivity index (χ1n) is 5.25. The Balaban J connectivity index is 2.29. The van der Waals surface area contributed by atoms with Crippen molar-refractivity contribution in [2.45, 2.75) is 12.5 Å². The van der Waals surface area contributed by atoms with Crippen LogP contribution in [0.2, 0.25) is 0 Å². The van der Waals surface area contributed by atoms with Crippen LogP contribution in [0.1, 0.15) is 17.4 Å². The van der Waals surface area contributed by atoms with Gasteiger partial charge in [-0.15, -0.1) is 0 Å². The average Bonchev–Trinajstić information content (AvgIpc) is 2.76. The SMILES string of the molecule is NNC(Cc1c(F)cccc1F)c1occc1Br. The summed E-state index contributed by atoms with van der Waals surface area (Å²) >= 11 is 3.28. The normalized spacial score (nSPS) is 12.7. The van der Waals surface area contributed by atoms with Crippen molar-refractivity contribution in [1.29, 1.82) is 0 Å². The number of hydrazine groups is 1. The molecule has 0 aliphatic rings. The molecule has 0 fully saturated rings. The first-order valence-corrected chi connectivity index (χ1v) is 6.04. The molecule has 3 N–H and O–H groups in total. The summed E-state index contributed by atoms with van der Waals surface area (Å²) in [5, 5.41) is 0. The number of hydrogen-bond donors (Lipinski definition) is 2. The zero-order valence-corrected chi connectivity index (χ0v) is 10.9. The van der Waals surface area contributed by atoms with Gasteiger partial charge in [0, 0.05) is 12.0 Å². The molecule has 0 aliphatic carbocycles. The van der Waals surface area contributed by atoms with Crippen LogP contribution >= 0.6 is 15.9 Å². The summed E-state index contributed by atoms with van der Waals surface area (Å²) in [6.45, 7) is 0. The molecular weight excluding hydrogens is 306 g/mol. The summed E-state index contributed by atoms with van der Waals surface area (Å²) in [5.74, 6) is 4.71. The smallest absolute Gasteiger partial charge is 0.136 e. The van der Waals surface area contributed by atoms with E-state index in [0.717, 1.165) is 0 Å². The maximum atomic E-state index is 13.5. The topological polar surface area (TPSA) is 51.2 Å². The molecule has 0 saturated carbocycles. The Bertz CT molecular complexity index is 524. The Labute approximate surface area is 111 Å². The van der Waals surface area contributed by atoms with Gasteiger partial charge in [0.15, 0.2) is 0 Å². The second-order valence-corrected chi connectivity index (χ2v) is 4.61. The van der Waals surface area contributed by atoms with Crippen LogP contribution in [-0.4, -0.2) is 0 Å². The van der Waals surface area contributed by atoms with Crippen LogP contribution in [0.4, 0.5) is 8.78 Å². The Hall–Kier alpha value is -1.24. The third-order valence-electron chi connectivity index (χ3n) is 2.63. The summed E-state index contributed by atoms with van der Waals surface area (Å²) < 4.78 is 33.0. The van der Waals surface area contributed by atoms with E-state index in [4.69, 9.17) is 10.3 Å². The van der Waals surface area contributed by atoms with Crippen molar-refractivity contribution in [1.82, 2.24) is 5.43 Å². The van der Waals surface area contributed by atoms with E-state index in [0.29, 0.717) is 10.2 Å². The van der Waals surface area contributed by atoms with Gasteiger partial charge >= 0.3 is 0 Å². The molecule has 6 heteroatoms. The summed E-state index contributed by atoms with van der Waals surface area (Å²) in [5.41, 5.74) is 2.47. The van der Waals surface area contributed by atoms with Crippen molar-refractivity contribution in [3.8, 4) is 0 Å². The van der Waals surface area contributed by atoms with E-state index in [-0.39, 0.29) is 12.0 Å². The molecule has 1 atom stereocenters. The van der Waals surface area contributed by atoms with E-state index in [1.54, 1.807) is 6.07 Å². The third-order valence-corrected chi connectivity index (χ3v) is 3.29. The second kappa shape index (κ2) is 5.60. The minimum atomic E-state index is -0.599. The molecule has 2 rings (SSSR count). The quantitative estimate of drug-likeness (QED) is 0.673. The highest BCUT2D eigenvalue weighted by molar-refractivity contribution is 9.10. The maximum Gasteiger partial charge on any atom is 0.136 e. The van der Waals surface area contributed by atoms with Crippen molar-refractivity contribution in [3.05, 3.63) is 58.0 Å². The molecule has 1 aromatic carbocycles. The Kier molecular flexibility index (Phi) is 4.11. The molecule has 0 spiro atoms. The fourth-order valence-corrected chi connectivity index (χ4v) is 2.19. The van der Waals surface area contributed by atoms with Gasteiger partial charge in [-0.1, -0.05) is 6.07 Å². The lowest BCUT2D eigenvalue weighted by Crippen LogP contribution is -2.30. The Morgan fingerprint density at radius 2 is 1.94 bits per heavy atom. The third kappa shape index (κ3) is 2.60. The number of halogens is 3. The second-order valence-electron chi connectivity index (χ2n) is 3.76. The Morgan fingerprint density at radius 3 is 2.44 bits per heavy atom. The fraction of sp³-hybridized carbons (Fsp3) is 0.167. The van der Waals surface area contributed by atoms with Gasteiger partial charge in [-0.2, -0.15) is 0 Å². The van der Waals surface area contributed by atoms with Crippen LogP contribution < -0.4 is 11.3 Å². The molecule has 1 unspecified atom stereocenters. The molecule has 0 aliphatic heterocycles. The van der Waals surface area contributed by atoms with Crippen molar-refractivity contribution in [2.24, 2.45) is 5.84 Å². The molecule has 3 nitrogen and oxygen atoms in total. The van der Waals surface area contributed by atoms with E-state index in [9.17, 15) is 8.78 Å². The molecule has 0 bridgehead atoms. The molecule has 1 heterocycles. The number of rotatable bonds is 4. The number of furan rings is 1. The summed E-state index contributed by atoms with van der Waals surface area (Å²) in [4.78, 5) is 0. The first kappa shape index (κ1) is 13.2. The maximum absolute atomic E-state index is 13.5. The largest absolute Gasteiger partial charge is 0.466 e. The van der Waals surface area contributed by atoms with Crippen molar-refractivity contribution in [3.63, 3.8) is 0 Å². The first-order chi connectivity index (χ1) is 8.63. The van der Waals surface area contributed by atoms with Crippen LogP contribution in [0.5, 0.6) is 0 Å². The van der Waals surface area contributed by atoms with E-state index < -0.39 is 17.7 Å². The van der Waals surface area contributed by atoms with E-state index in [2.05, 4.69) is 21.4 Å². The minimum Gasteiger partial charge on any atom is -0.466 e.